The van der Waals surface area contributed by atoms with Crippen LogP contribution in [-0.4, -0.2) is 12.6 Å². The molecule has 0 aromatic rings. The molecule has 0 amide bonds. The fourth-order valence-corrected chi connectivity index (χ4v) is 2.88. The summed E-state index contributed by atoms with van der Waals surface area (Å²) >= 11 is 0. The van der Waals surface area contributed by atoms with E-state index in [1.165, 1.54) is 19.3 Å². The Kier molecular flexibility index (Phi) is 14.6. The molecule has 0 atom stereocenters. The lowest BCUT2D eigenvalue weighted by molar-refractivity contribution is -0.157. The van der Waals surface area contributed by atoms with Crippen molar-refractivity contribution in [1.82, 2.24) is 6.15 Å². The van der Waals surface area contributed by atoms with Gasteiger partial charge < -0.3 is 10.9 Å². The second-order valence-electron chi connectivity index (χ2n) is 5.73. The van der Waals surface area contributed by atoms with Gasteiger partial charge in [-0.1, -0.05) is 66.2 Å². The average Bonchev–Trinajstić information content (AvgIpc) is 2.41. The highest BCUT2D eigenvalue weighted by Crippen LogP contribution is 2.37. The zero-order valence-corrected chi connectivity index (χ0v) is 14.3. The summed E-state index contributed by atoms with van der Waals surface area (Å²) in [6.07, 6.45) is 10.9. The predicted octanol–water partition coefficient (Wildman–Crippen LogP) is 5.66. The molecule has 0 aromatic carbocycles. The first-order valence-corrected chi connectivity index (χ1v) is 8.34. The fourth-order valence-electron chi connectivity index (χ4n) is 2.88. The Balaban J connectivity index is 0. The van der Waals surface area contributed by atoms with E-state index in [1.54, 1.807) is 0 Å². The van der Waals surface area contributed by atoms with Gasteiger partial charge in [0.05, 0.1) is 12.0 Å². The minimum atomic E-state index is -0.202. The maximum absolute atomic E-state index is 12.4. The van der Waals surface area contributed by atoms with E-state index in [9.17, 15) is 4.79 Å². The summed E-state index contributed by atoms with van der Waals surface area (Å²) in [5.74, 6) is 0.0644. The van der Waals surface area contributed by atoms with Crippen LogP contribution in [0.25, 0.3) is 0 Å². The van der Waals surface area contributed by atoms with Gasteiger partial charge in [-0.05, 0) is 25.7 Å². The van der Waals surface area contributed by atoms with E-state index in [0.717, 1.165) is 44.9 Å². The number of carbonyl (C=O) groups excluding carboxylic acids is 1. The zero-order chi connectivity index (χ0) is 14.6. The van der Waals surface area contributed by atoms with Crippen LogP contribution in [-0.2, 0) is 9.53 Å². The molecule has 0 bridgehead atoms. The van der Waals surface area contributed by atoms with Crippen molar-refractivity contribution in [3.05, 3.63) is 0 Å². The quantitative estimate of drug-likeness (QED) is 0.372. The molecule has 0 rings (SSSR count). The number of hydrogen-bond acceptors (Lipinski definition) is 3. The predicted molar refractivity (Wildman–Crippen MR) is 87.3 cm³/mol. The van der Waals surface area contributed by atoms with Crippen molar-refractivity contribution in [1.29, 1.82) is 0 Å². The van der Waals surface area contributed by atoms with Crippen molar-refractivity contribution < 1.29 is 9.53 Å². The van der Waals surface area contributed by atoms with Crippen molar-refractivity contribution in [2.75, 3.05) is 6.61 Å². The molecule has 0 fully saturated rings. The van der Waals surface area contributed by atoms with E-state index < -0.39 is 0 Å². The van der Waals surface area contributed by atoms with Gasteiger partial charge in [0.2, 0.25) is 0 Å². The van der Waals surface area contributed by atoms with Crippen molar-refractivity contribution in [2.45, 2.75) is 91.9 Å². The Morgan fingerprint density at radius 3 is 1.85 bits per heavy atom. The molecule has 0 aliphatic rings. The lowest BCUT2D eigenvalue weighted by Crippen LogP contribution is -2.33. The topological polar surface area (TPSA) is 61.3 Å². The van der Waals surface area contributed by atoms with E-state index in [1.807, 2.05) is 0 Å². The van der Waals surface area contributed by atoms with E-state index >= 15 is 0 Å². The molecule has 3 heteroatoms. The molecule has 0 unspecified atom stereocenters. The summed E-state index contributed by atoms with van der Waals surface area (Å²) in [5.41, 5.74) is -0.202. The van der Waals surface area contributed by atoms with Crippen molar-refractivity contribution in [3.8, 4) is 0 Å². The molecule has 0 aliphatic carbocycles. The number of rotatable bonds is 12. The number of ether oxygens (including phenoxy) is 1. The van der Waals surface area contributed by atoms with E-state index in [-0.39, 0.29) is 17.5 Å². The molecule has 0 heterocycles. The second kappa shape index (κ2) is 13.4. The van der Waals surface area contributed by atoms with Crippen molar-refractivity contribution in [2.24, 2.45) is 5.41 Å². The standard InChI is InChI=1S/C17H34O2.H3N/c1-5-9-10-11-14-17(12-6-2,13-7-3)16(18)19-15-8-4;/h5-15H2,1-4H3;1H3. The minimum Gasteiger partial charge on any atom is -0.465 e. The highest BCUT2D eigenvalue weighted by molar-refractivity contribution is 5.76. The monoisotopic (exact) mass is 287 g/mol. The van der Waals surface area contributed by atoms with E-state index in [0.29, 0.717) is 6.61 Å². The van der Waals surface area contributed by atoms with Crippen molar-refractivity contribution in [3.63, 3.8) is 0 Å². The third-order valence-corrected chi connectivity index (χ3v) is 3.84. The third-order valence-electron chi connectivity index (χ3n) is 3.84. The van der Waals surface area contributed by atoms with Crippen LogP contribution in [0.5, 0.6) is 0 Å². The van der Waals surface area contributed by atoms with Crippen LogP contribution in [0.1, 0.15) is 91.9 Å². The lowest BCUT2D eigenvalue weighted by atomic mass is 9.75. The fraction of sp³-hybridized carbons (Fsp3) is 0.941. The second-order valence-corrected chi connectivity index (χ2v) is 5.73. The largest absolute Gasteiger partial charge is 0.465 e. The SMILES string of the molecule is CCCCCCC(CCC)(CCC)C(=O)OCCC.N. The molecule has 0 radical (unpaired) electrons. The van der Waals surface area contributed by atoms with E-state index in [4.69, 9.17) is 4.74 Å². The van der Waals surface area contributed by atoms with Crippen molar-refractivity contribution >= 4 is 5.97 Å². The van der Waals surface area contributed by atoms with Crippen LogP contribution >= 0.6 is 0 Å². The molecule has 0 aliphatic heterocycles. The third kappa shape index (κ3) is 7.88. The summed E-state index contributed by atoms with van der Waals surface area (Å²) in [7, 11) is 0. The molecule has 3 nitrogen and oxygen atoms in total. The molecule has 122 valence electrons. The van der Waals surface area contributed by atoms with Crippen LogP contribution in [0, 0.1) is 5.41 Å². The van der Waals surface area contributed by atoms with Gasteiger partial charge in [0, 0.05) is 0 Å². The maximum Gasteiger partial charge on any atom is 0.312 e. The Morgan fingerprint density at radius 1 is 0.800 bits per heavy atom. The van der Waals surface area contributed by atoms with Gasteiger partial charge in [0.1, 0.15) is 0 Å². The van der Waals surface area contributed by atoms with Gasteiger partial charge in [-0.15, -0.1) is 0 Å². The summed E-state index contributed by atoms with van der Waals surface area (Å²) < 4.78 is 5.48. The molecule has 0 saturated carbocycles. The highest BCUT2D eigenvalue weighted by Gasteiger charge is 2.37. The van der Waals surface area contributed by atoms with Crippen LogP contribution in [0.3, 0.4) is 0 Å². The number of carbonyl (C=O) groups is 1. The first kappa shape index (κ1) is 21.7. The van der Waals surface area contributed by atoms with Gasteiger partial charge in [-0.25, -0.2) is 0 Å². The molecule has 0 saturated heterocycles. The number of unbranched alkanes of at least 4 members (excludes halogenated alkanes) is 3. The molecule has 3 N–H and O–H groups in total. The van der Waals surface area contributed by atoms with Gasteiger partial charge in [0.25, 0.3) is 0 Å². The smallest absolute Gasteiger partial charge is 0.312 e. The zero-order valence-electron chi connectivity index (χ0n) is 14.3. The minimum absolute atomic E-state index is 0. The van der Waals surface area contributed by atoms with E-state index in [2.05, 4.69) is 27.7 Å². The number of esters is 1. The molecule has 20 heavy (non-hydrogen) atoms. The van der Waals surface area contributed by atoms with Crippen LogP contribution in [0.4, 0.5) is 0 Å². The molecular weight excluding hydrogens is 250 g/mol. The summed E-state index contributed by atoms with van der Waals surface area (Å²) in [6.45, 7) is 9.19. The Morgan fingerprint density at radius 2 is 1.40 bits per heavy atom. The Labute approximate surface area is 126 Å². The van der Waals surface area contributed by atoms with Gasteiger partial charge in [-0.2, -0.15) is 0 Å². The molecule has 0 spiro atoms. The molecule has 0 aromatic heterocycles. The first-order valence-electron chi connectivity index (χ1n) is 8.34. The average molecular weight is 287 g/mol. The Bertz CT molecular complexity index is 223. The van der Waals surface area contributed by atoms with Crippen LogP contribution in [0.2, 0.25) is 0 Å². The van der Waals surface area contributed by atoms with Gasteiger partial charge in [-0.3, -0.25) is 4.79 Å². The summed E-state index contributed by atoms with van der Waals surface area (Å²) in [4.78, 5) is 12.4. The summed E-state index contributed by atoms with van der Waals surface area (Å²) in [6, 6.07) is 0. The first-order chi connectivity index (χ1) is 9.16. The van der Waals surface area contributed by atoms with Crippen LogP contribution in [0.15, 0.2) is 0 Å². The summed E-state index contributed by atoms with van der Waals surface area (Å²) in [5, 5.41) is 0. The highest BCUT2D eigenvalue weighted by atomic mass is 16.5. The van der Waals surface area contributed by atoms with Gasteiger partial charge >= 0.3 is 5.97 Å². The van der Waals surface area contributed by atoms with Crippen LogP contribution < -0.4 is 6.15 Å². The molecular formula is C17H37NO2. The van der Waals surface area contributed by atoms with Gasteiger partial charge in [0.15, 0.2) is 0 Å². The Hall–Kier alpha value is -0.570. The lowest BCUT2D eigenvalue weighted by Gasteiger charge is -2.31. The normalized spacial score (nSPS) is 11.0. The maximum atomic E-state index is 12.4. The number of hydrogen-bond donors (Lipinski definition) is 1.